The second-order valence-corrected chi connectivity index (χ2v) is 5.78. The van der Waals surface area contributed by atoms with Crippen molar-refractivity contribution >= 4 is 22.6 Å². The van der Waals surface area contributed by atoms with Crippen LogP contribution in [0, 0.1) is 0 Å². The zero-order valence-corrected chi connectivity index (χ0v) is 13.0. The van der Waals surface area contributed by atoms with Crippen molar-refractivity contribution < 1.29 is 27.9 Å². The van der Waals surface area contributed by atoms with Gasteiger partial charge < -0.3 is 10.4 Å². The third kappa shape index (κ3) is 2.24. The van der Waals surface area contributed by atoms with Crippen LogP contribution in [0.1, 0.15) is 32.0 Å². The minimum atomic E-state index is -4.92. The number of alkyl halides is 3. The van der Waals surface area contributed by atoms with Gasteiger partial charge in [0.1, 0.15) is 5.56 Å². The molecule has 0 aliphatic carbocycles. The number of aromatic nitrogens is 2. The van der Waals surface area contributed by atoms with Crippen molar-refractivity contribution in [2.75, 3.05) is 0 Å². The molecule has 0 spiro atoms. The first-order valence-corrected chi connectivity index (χ1v) is 7.50. The fourth-order valence-corrected chi connectivity index (χ4v) is 3.22. The largest absolute Gasteiger partial charge is 0.478 e. The molecular weight excluding hydrogens is 351 g/mol. The smallest absolute Gasteiger partial charge is 0.434 e. The average Bonchev–Trinajstić information content (AvgIpc) is 3.03. The summed E-state index contributed by atoms with van der Waals surface area (Å²) in [6.07, 6.45) is -4.24. The molecule has 2 aromatic carbocycles. The lowest BCUT2D eigenvalue weighted by Gasteiger charge is -2.20. The lowest BCUT2D eigenvalue weighted by molar-refractivity contribution is -0.143. The molecule has 26 heavy (non-hydrogen) atoms. The Morgan fingerprint density at radius 2 is 2.00 bits per heavy atom. The van der Waals surface area contributed by atoms with Gasteiger partial charge >= 0.3 is 12.1 Å². The maximum absolute atomic E-state index is 13.5. The van der Waals surface area contributed by atoms with Gasteiger partial charge in [0, 0.05) is 22.9 Å². The van der Waals surface area contributed by atoms with Gasteiger partial charge in [0.25, 0.3) is 5.91 Å². The Bertz CT molecular complexity index is 1090. The van der Waals surface area contributed by atoms with Crippen molar-refractivity contribution in [3.8, 4) is 5.69 Å². The van der Waals surface area contributed by atoms with Crippen molar-refractivity contribution in [2.45, 2.75) is 12.7 Å². The van der Waals surface area contributed by atoms with E-state index in [4.69, 9.17) is 5.11 Å². The topological polar surface area (TPSA) is 84.2 Å². The summed E-state index contributed by atoms with van der Waals surface area (Å²) < 4.78 is 41.1. The van der Waals surface area contributed by atoms with E-state index in [2.05, 4.69) is 10.4 Å². The lowest BCUT2D eigenvalue weighted by atomic mass is 9.94. The van der Waals surface area contributed by atoms with E-state index < -0.39 is 23.4 Å². The Hall–Kier alpha value is -3.36. The quantitative estimate of drug-likeness (QED) is 0.735. The Kier molecular flexibility index (Phi) is 3.30. The summed E-state index contributed by atoms with van der Waals surface area (Å²) in [7, 11) is 0. The number of benzene rings is 2. The molecule has 1 aromatic heterocycles. The molecule has 0 atom stereocenters. The summed E-state index contributed by atoms with van der Waals surface area (Å²) in [6.45, 7) is 0.262. The number of nitrogens with one attached hydrogen (secondary N) is 1. The first kappa shape index (κ1) is 16.1. The third-order valence-corrected chi connectivity index (χ3v) is 4.28. The average molecular weight is 361 g/mol. The summed E-state index contributed by atoms with van der Waals surface area (Å²) in [5.41, 5.74) is -1.13. The molecule has 6 nitrogen and oxygen atoms in total. The molecule has 0 radical (unpaired) electrons. The summed E-state index contributed by atoms with van der Waals surface area (Å²) in [5, 5.41) is 16.3. The number of rotatable bonds is 2. The predicted octanol–water partition coefficient (Wildman–Crippen LogP) is 2.99. The first-order chi connectivity index (χ1) is 12.3. The molecule has 2 N–H and O–H groups in total. The molecular formula is C17H10F3N3O3. The van der Waals surface area contributed by atoms with E-state index in [0.717, 1.165) is 5.56 Å². The molecule has 1 amide bonds. The van der Waals surface area contributed by atoms with Crippen LogP contribution in [0.15, 0.2) is 36.5 Å². The number of aromatic carboxylic acids is 1. The number of carbonyl (C=O) groups excluding carboxylic acids is 1. The van der Waals surface area contributed by atoms with Crippen LogP contribution in [-0.4, -0.2) is 26.8 Å². The molecule has 9 heteroatoms. The van der Waals surface area contributed by atoms with Gasteiger partial charge in [-0.3, -0.25) is 4.79 Å². The van der Waals surface area contributed by atoms with E-state index >= 15 is 0 Å². The number of carboxylic acids is 1. The number of hydrogen-bond donors (Lipinski definition) is 2. The van der Waals surface area contributed by atoms with E-state index in [1.807, 2.05) is 0 Å². The van der Waals surface area contributed by atoms with Crippen LogP contribution in [-0.2, 0) is 12.7 Å². The van der Waals surface area contributed by atoms with Gasteiger partial charge in [0.2, 0.25) is 0 Å². The standard InChI is InChI=1S/C17H10F3N3O3/c18-17(19,20)14-11(16(25)26)7-22-23(14)12-5-4-8-6-21-15(24)10-3-1-2-9(12)13(8)10/h1-5,7H,6H2,(H,21,24)(H,25,26). The van der Waals surface area contributed by atoms with Crippen molar-refractivity contribution in [3.63, 3.8) is 0 Å². The number of nitrogens with zero attached hydrogens (tertiary/aromatic N) is 2. The van der Waals surface area contributed by atoms with Crippen LogP contribution in [0.5, 0.6) is 0 Å². The Morgan fingerprint density at radius 1 is 1.23 bits per heavy atom. The summed E-state index contributed by atoms with van der Waals surface area (Å²) >= 11 is 0. The fraction of sp³-hybridized carbons (Fsp3) is 0.118. The van der Waals surface area contributed by atoms with Crippen LogP contribution in [0.25, 0.3) is 16.5 Å². The zero-order chi connectivity index (χ0) is 18.6. The number of carboxylic acid groups (broad SMARTS) is 1. The Balaban J connectivity index is 2.07. The molecule has 0 unspecified atom stereocenters. The molecule has 4 rings (SSSR count). The highest BCUT2D eigenvalue weighted by Gasteiger charge is 2.41. The maximum atomic E-state index is 13.5. The molecule has 0 saturated carbocycles. The summed E-state index contributed by atoms with van der Waals surface area (Å²) in [5.74, 6) is -2.03. The number of amides is 1. The Morgan fingerprint density at radius 3 is 2.69 bits per heavy atom. The van der Waals surface area contributed by atoms with Gasteiger partial charge in [-0.1, -0.05) is 18.2 Å². The maximum Gasteiger partial charge on any atom is 0.434 e. The third-order valence-electron chi connectivity index (χ3n) is 4.28. The molecule has 3 aromatic rings. The lowest BCUT2D eigenvalue weighted by Crippen LogP contribution is -2.27. The van der Waals surface area contributed by atoms with Gasteiger partial charge in [0.05, 0.1) is 11.9 Å². The number of hydrogen-bond acceptors (Lipinski definition) is 3. The van der Waals surface area contributed by atoms with E-state index in [9.17, 15) is 22.8 Å². The van der Waals surface area contributed by atoms with Crippen LogP contribution in [0.4, 0.5) is 13.2 Å². The monoisotopic (exact) mass is 361 g/mol. The van der Waals surface area contributed by atoms with Crippen molar-refractivity contribution in [1.29, 1.82) is 0 Å². The zero-order valence-electron chi connectivity index (χ0n) is 13.0. The van der Waals surface area contributed by atoms with Crippen LogP contribution < -0.4 is 5.32 Å². The van der Waals surface area contributed by atoms with E-state index in [1.54, 1.807) is 24.3 Å². The Labute approximate surface area is 143 Å². The second kappa shape index (κ2) is 5.32. The SMILES string of the molecule is O=C(O)c1cnn(-c2ccc3c4c(cccc24)C(=O)NC3)c1C(F)(F)F. The molecule has 2 heterocycles. The van der Waals surface area contributed by atoms with E-state index in [1.165, 1.54) is 6.07 Å². The first-order valence-electron chi connectivity index (χ1n) is 7.50. The van der Waals surface area contributed by atoms with Gasteiger partial charge in [0.15, 0.2) is 5.69 Å². The van der Waals surface area contributed by atoms with Crippen molar-refractivity contribution in [2.24, 2.45) is 0 Å². The minimum Gasteiger partial charge on any atom is -0.478 e. The van der Waals surface area contributed by atoms with Crippen molar-refractivity contribution in [3.05, 3.63) is 58.9 Å². The van der Waals surface area contributed by atoms with E-state index in [-0.39, 0.29) is 18.1 Å². The van der Waals surface area contributed by atoms with Gasteiger partial charge in [-0.05, 0) is 17.7 Å². The van der Waals surface area contributed by atoms with Crippen LogP contribution >= 0.6 is 0 Å². The van der Waals surface area contributed by atoms with Gasteiger partial charge in [-0.15, -0.1) is 0 Å². The molecule has 0 fully saturated rings. The molecule has 132 valence electrons. The second-order valence-electron chi connectivity index (χ2n) is 5.78. The van der Waals surface area contributed by atoms with Crippen LogP contribution in [0.3, 0.4) is 0 Å². The molecule has 1 aliphatic heterocycles. The highest BCUT2D eigenvalue weighted by molar-refractivity contribution is 6.11. The molecule has 0 saturated heterocycles. The van der Waals surface area contributed by atoms with E-state index in [0.29, 0.717) is 27.2 Å². The van der Waals surface area contributed by atoms with Gasteiger partial charge in [-0.25, -0.2) is 9.48 Å². The number of halogens is 3. The summed E-state index contributed by atoms with van der Waals surface area (Å²) in [4.78, 5) is 23.2. The highest BCUT2D eigenvalue weighted by Crippen LogP contribution is 2.37. The normalized spacial score (nSPS) is 13.7. The van der Waals surface area contributed by atoms with Crippen molar-refractivity contribution in [1.82, 2.24) is 15.1 Å². The molecule has 0 bridgehead atoms. The van der Waals surface area contributed by atoms with Crippen LogP contribution in [0.2, 0.25) is 0 Å². The summed E-state index contributed by atoms with van der Waals surface area (Å²) in [6, 6.07) is 7.76. The van der Waals surface area contributed by atoms with Gasteiger partial charge in [-0.2, -0.15) is 18.3 Å². The molecule has 1 aliphatic rings. The number of carbonyl (C=O) groups is 2. The fourth-order valence-electron chi connectivity index (χ4n) is 3.22. The highest BCUT2D eigenvalue weighted by atomic mass is 19.4. The predicted molar refractivity (Wildman–Crippen MR) is 84.2 cm³/mol. The minimum absolute atomic E-state index is 0.0557.